The number of carbonyl (C=O) groups is 2. The topological polar surface area (TPSA) is 80.3 Å². The van der Waals surface area contributed by atoms with Gasteiger partial charge in [-0.1, -0.05) is 43.3 Å². The van der Waals surface area contributed by atoms with Gasteiger partial charge in [-0.3, -0.25) is 9.59 Å². The molecule has 0 bridgehead atoms. The van der Waals surface area contributed by atoms with E-state index in [4.69, 9.17) is 4.74 Å². The van der Waals surface area contributed by atoms with E-state index in [0.717, 1.165) is 17.0 Å². The van der Waals surface area contributed by atoms with Gasteiger partial charge in [-0.2, -0.15) is 0 Å². The number of rotatable bonds is 7. The lowest BCUT2D eigenvalue weighted by molar-refractivity contribution is 0.102. The van der Waals surface area contributed by atoms with Crippen LogP contribution in [0.2, 0.25) is 0 Å². The predicted molar refractivity (Wildman–Crippen MR) is 137 cm³/mol. The van der Waals surface area contributed by atoms with Gasteiger partial charge in [-0.05, 0) is 55.3 Å². The summed E-state index contributed by atoms with van der Waals surface area (Å²) in [5.74, 6) is 0.0948. The molecule has 1 aromatic heterocycles. The Morgan fingerprint density at radius 1 is 0.912 bits per heavy atom. The number of amides is 2. The average Bonchev–Trinajstić information content (AvgIpc) is 3.26. The summed E-state index contributed by atoms with van der Waals surface area (Å²) in [7, 11) is 1.55. The molecule has 0 saturated carbocycles. The number of hydrogen-bond donors (Lipinski definition) is 2. The normalized spacial score (nSPS) is 10.6. The number of nitrogens with zero attached hydrogens (tertiary/aromatic N) is 1. The minimum absolute atomic E-state index is 0.224. The molecule has 0 radical (unpaired) electrons. The summed E-state index contributed by atoms with van der Waals surface area (Å²) in [4.78, 5) is 30.6. The van der Waals surface area contributed by atoms with Crippen molar-refractivity contribution < 1.29 is 14.3 Å². The van der Waals surface area contributed by atoms with E-state index in [2.05, 4.69) is 34.7 Å². The first-order chi connectivity index (χ1) is 16.5. The number of anilines is 2. The van der Waals surface area contributed by atoms with Gasteiger partial charge in [0.2, 0.25) is 0 Å². The van der Waals surface area contributed by atoms with Crippen molar-refractivity contribution in [1.82, 2.24) is 4.98 Å². The minimum atomic E-state index is -0.264. The zero-order valence-electron chi connectivity index (χ0n) is 19.2. The lowest BCUT2D eigenvalue weighted by atomic mass is 10.1. The van der Waals surface area contributed by atoms with Gasteiger partial charge in [0, 0.05) is 16.8 Å². The Balaban J connectivity index is 1.43. The first-order valence-electron chi connectivity index (χ1n) is 10.9. The molecule has 0 aliphatic carbocycles. The Morgan fingerprint density at radius 3 is 2.29 bits per heavy atom. The van der Waals surface area contributed by atoms with Crippen LogP contribution in [0.5, 0.6) is 5.75 Å². The van der Waals surface area contributed by atoms with E-state index < -0.39 is 0 Å². The van der Waals surface area contributed by atoms with Crippen LogP contribution in [0.25, 0.3) is 10.6 Å². The number of nitrogens with one attached hydrogen (secondary N) is 2. The maximum atomic E-state index is 12.9. The van der Waals surface area contributed by atoms with Crippen LogP contribution in [0.3, 0.4) is 0 Å². The highest BCUT2D eigenvalue weighted by Gasteiger charge is 2.17. The molecule has 6 nitrogen and oxygen atoms in total. The van der Waals surface area contributed by atoms with Gasteiger partial charge in [-0.15, -0.1) is 11.3 Å². The largest absolute Gasteiger partial charge is 0.495 e. The van der Waals surface area contributed by atoms with Crippen molar-refractivity contribution in [3.8, 4) is 16.3 Å². The molecule has 0 unspecified atom stereocenters. The highest BCUT2D eigenvalue weighted by molar-refractivity contribution is 7.17. The van der Waals surface area contributed by atoms with Crippen LogP contribution in [0.15, 0.2) is 72.8 Å². The lowest BCUT2D eigenvalue weighted by Crippen LogP contribution is -2.14. The Labute approximate surface area is 202 Å². The molecule has 0 aliphatic heterocycles. The van der Waals surface area contributed by atoms with Gasteiger partial charge in [0.25, 0.3) is 11.8 Å². The summed E-state index contributed by atoms with van der Waals surface area (Å²) in [6.45, 7) is 3.95. The molecule has 3 aromatic carbocycles. The first kappa shape index (κ1) is 23.2. The fourth-order valence-electron chi connectivity index (χ4n) is 3.45. The van der Waals surface area contributed by atoms with Crippen molar-refractivity contribution in [3.05, 3.63) is 94.5 Å². The van der Waals surface area contributed by atoms with Crippen molar-refractivity contribution >= 4 is 34.5 Å². The van der Waals surface area contributed by atoms with Crippen LogP contribution in [0, 0.1) is 6.92 Å². The third-order valence-electron chi connectivity index (χ3n) is 5.37. The molecule has 1 heterocycles. The zero-order chi connectivity index (χ0) is 24.1. The second-order valence-electron chi connectivity index (χ2n) is 7.67. The van der Waals surface area contributed by atoms with Crippen molar-refractivity contribution in [2.24, 2.45) is 0 Å². The van der Waals surface area contributed by atoms with Crippen LogP contribution in [0.4, 0.5) is 11.4 Å². The molecule has 4 aromatic rings. The van der Waals surface area contributed by atoms with Crippen molar-refractivity contribution in [1.29, 1.82) is 0 Å². The van der Waals surface area contributed by atoms with Crippen molar-refractivity contribution in [2.75, 3.05) is 17.7 Å². The van der Waals surface area contributed by atoms with Crippen LogP contribution in [-0.2, 0) is 6.42 Å². The number of carbonyl (C=O) groups excluding carboxylic acids is 2. The number of thiazole rings is 1. The van der Waals surface area contributed by atoms with Gasteiger partial charge < -0.3 is 15.4 Å². The lowest BCUT2D eigenvalue weighted by Gasteiger charge is -2.10. The standard InChI is InChI=1S/C27H25N3O3S/c1-4-18-9-11-20(12-10-18)27-28-17(2)24(34-27)26(32)29-21-15-13-19(14-16-21)25(31)30-22-7-5-6-8-23(22)33-3/h5-16H,4H2,1-3H3,(H,29,32)(H,30,31). The average molecular weight is 472 g/mol. The zero-order valence-corrected chi connectivity index (χ0v) is 20.0. The molecule has 0 spiro atoms. The van der Waals surface area contributed by atoms with Crippen LogP contribution in [0.1, 0.15) is 38.2 Å². The number of ether oxygens (including phenoxy) is 1. The van der Waals surface area contributed by atoms with E-state index in [1.807, 2.05) is 31.2 Å². The number of methoxy groups -OCH3 is 1. The van der Waals surface area contributed by atoms with Crippen LogP contribution >= 0.6 is 11.3 Å². The first-order valence-corrected chi connectivity index (χ1v) is 11.7. The summed E-state index contributed by atoms with van der Waals surface area (Å²) < 4.78 is 5.27. The summed E-state index contributed by atoms with van der Waals surface area (Å²) >= 11 is 1.37. The monoisotopic (exact) mass is 471 g/mol. The fraction of sp³-hybridized carbons (Fsp3) is 0.148. The molecule has 0 atom stereocenters. The summed E-state index contributed by atoms with van der Waals surface area (Å²) in [5.41, 5.74) is 4.60. The maximum Gasteiger partial charge on any atom is 0.267 e. The second-order valence-corrected chi connectivity index (χ2v) is 8.67. The van der Waals surface area contributed by atoms with E-state index >= 15 is 0 Å². The van der Waals surface area contributed by atoms with Crippen LogP contribution in [-0.4, -0.2) is 23.9 Å². The Bertz CT molecular complexity index is 1310. The summed E-state index contributed by atoms with van der Waals surface area (Å²) in [6.07, 6.45) is 0.978. The number of benzene rings is 3. The third kappa shape index (κ3) is 5.15. The number of aromatic nitrogens is 1. The quantitative estimate of drug-likeness (QED) is 0.337. The van der Waals surface area contributed by atoms with E-state index in [1.54, 1.807) is 43.5 Å². The smallest absolute Gasteiger partial charge is 0.267 e. The minimum Gasteiger partial charge on any atom is -0.495 e. The summed E-state index contributed by atoms with van der Waals surface area (Å²) in [5, 5.41) is 6.55. The Hall–Kier alpha value is -3.97. The van der Waals surface area contributed by atoms with Gasteiger partial charge in [-0.25, -0.2) is 4.98 Å². The second kappa shape index (κ2) is 10.3. The highest BCUT2D eigenvalue weighted by Crippen LogP contribution is 2.29. The Kier molecular flexibility index (Phi) is 7.04. The summed E-state index contributed by atoms with van der Waals surface area (Å²) in [6, 6.07) is 22.2. The third-order valence-corrected chi connectivity index (χ3v) is 6.58. The predicted octanol–water partition coefficient (Wildman–Crippen LogP) is 6.19. The molecule has 0 aliphatic rings. The molecule has 4 rings (SSSR count). The van der Waals surface area contributed by atoms with E-state index in [1.165, 1.54) is 16.9 Å². The van der Waals surface area contributed by atoms with E-state index in [-0.39, 0.29) is 11.8 Å². The van der Waals surface area contributed by atoms with E-state index in [0.29, 0.717) is 33.3 Å². The number of para-hydroxylation sites is 2. The van der Waals surface area contributed by atoms with Gasteiger partial charge in [0.1, 0.15) is 15.6 Å². The molecule has 172 valence electrons. The Morgan fingerprint density at radius 2 is 1.62 bits per heavy atom. The molecular formula is C27H25N3O3S. The van der Waals surface area contributed by atoms with E-state index in [9.17, 15) is 9.59 Å². The molecule has 2 N–H and O–H groups in total. The number of aryl methyl sites for hydroxylation is 2. The molecule has 0 fully saturated rings. The van der Waals surface area contributed by atoms with Gasteiger partial charge in [0.15, 0.2) is 0 Å². The molecule has 0 saturated heterocycles. The molecular weight excluding hydrogens is 446 g/mol. The SMILES string of the molecule is CCc1ccc(-c2nc(C)c(C(=O)Nc3ccc(C(=O)Nc4ccccc4OC)cc3)s2)cc1. The fourth-order valence-corrected chi connectivity index (χ4v) is 4.42. The van der Waals surface area contributed by atoms with Crippen molar-refractivity contribution in [3.63, 3.8) is 0 Å². The van der Waals surface area contributed by atoms with Gasteiger partial charge in [0.05, 0.1) is 18.5 Å². The van der Waals surface area contributed by atoms with Crippen LogP contribution < -0.4 is 15.4 Å². The van der Waals surface area contributed by atoms with Gasteiger partial charge >= 0.3 is 0 Å². The number of hydrogen-bond acceptors (Lipinski definition) is 5. The maximum absolute atomic E-state index is 12.9. The molecule has 34 heavy (non-hydrogen) atoms. The molecule has 7 heteroatoms. The molecule has 2 amide bonds. The van der Waals surface area contributed by atoms with Crippen molar-refractivity contribution in [2.45, 2.75) is 20.3 Å². The highest BCUT2D eigenvalue weighted by atomic mass is 32.1.